The fourth-order valence-electron chi connectivity index (χ4n) is 3.02. The van der Waals surface area contributed by atoms with Gasteiger partial charge >= 0.3 is 6.03 Å². The third-order valence-electron chi connectivity index (χ3n) is 4.61. The maximum absolute atomic E-state index is 12.6. The SMILES string of the molecule is COc1ccc(N2C(=O)N[C@@H](CCC(=O)NCCn3ccnc3C)C2=O)cc1. The van der Waals surface area contributed by atoms with Crippen molar-refractivity contribution in [1.29, 1.82) is 0 Å². The largest absolute Gasteiger partial charge is 0.497 e. The van der Waals surface area contributed by atoms with Crippen molar-refractivity contribution in [3.05, 3.63) is 42.5 Å². The molecule has 28 heavy (non-hydrogen) atoms. The number of hydrogen-bond acceptors (Lipinski definition) is 5. The summed E-state index contributed by atoms with van der Waals surface area (Å²) in [7, 11) is 1.54. The van der Waals surface area contributed by atoms with Gasteiger partial charge in [0.25, 0.3) is 5.91 Å². The van der Waals surface area contributed by atoms with Gasteiger partial charge in [0, 0.05) is 31.9 Å². The molecule has 1 aromatic heterocycles. The summed E-state index contributed by atoms with van der Waals surface area (Å²) < 4.78 is 7.02. The van der Waals surface area contributed by atoms with Crippen LogP contribution in [0.5, 0.6) is 5.75 Å². The van der Waals surface area contributed by atoms with Crippen LogP contribution >= 0.6 is 0 Å². The molecule has 9 nitrogen and oxygen atoms in total. The minimum atomic E-state index is -0.712. The monoisotopic (exact) mass is 385 g/mol. The molecule has 4 amide bonds. The molecule has 0 spiro atoms. The number of aryl methyl sites for hydroxylation is 1. The Hall–Kier alpha value is -3.36. The highest BCUT2D eigenvalue weighted by atomic mass is 16.5. The number of carbonyl (C=O) groups is 3. The van der Waals surface area contributed by atoms with Gasteiger partial charge in [0.1, 0.15) is 17.6 Å². The van der Waals surface area contributed by atoms with Gasteiger partial charge in [-0.25, -0.2) is 14.7 Å². The van der Waals surface area contributed by atoms with Gasteiger partial charge in [-0.15, -0.1) is 0 Å². The fraction of sp³-hybridized carbons (Fsp3) is 0.368. The number of anilines is 1. The molecule has 1 aliphatic rings. The zero-order valence-electron chi connectivity index (χ0n) is 15.8. The summed E-state index contributed by atoms with van der Waals surface area (Å²) in [5, 5.41) is 5.45. The standard InChI is InChI=1S/C19H23N5O4/c1-13-20-9-11-23(13)12-10-21-17(25)8-7-16-18(26)24(19(27)22-16)14-3-5-15(28-2)6-4-14/h3-6,9,11,16H,7-8,10,12H2,1-2H3,(H,21,25)(H,22,27)/t16-/m0/s1. The summed E-state index contributed by atoms with van der Waals surface area (Å²) in [5.74, 6) is 0.988. The molecule has 0 bridgehead atoms. The van der Waals surface area contributed by atoms with E-state index in [-0.39, 0.29) is 24.7 Å². The summed E-state index contributed by atoms with van der Waals surface area (Å²) in [6.45, 7) is 2.99. The average Bonchev–Trinajstić information content (AvgIpc) is 3.22. The number of carbonyl (C=O) groups excluding carboxylic acids is 3. The first-order chi connectivity index (χ1) is 13.5. The van der Waals surface area contributed by atoms with Crippen LogP contribution in [0.1, 0.15) is 18.7 Å². The van der Waals surface area contributed by atoms with E-state index in [2.05, 4.69) is 15.6 Å². The normalized spacial score (nSPS) is 16.2. The summed E-state index contributed by atoms with van der Waals surface area (Å²) >= 11 is 0. The minimum absolute atomic E-state index is 0.149. The van der Waals surface area contributed by atoms with Crippen LogP contribution < -0.4 is 20.3 Å². The van der Waals surface area contributed by atoms with Gasteiger partial charge < -0.3 is 19.9 Å². The zero-order valence-corrected chi connectivity index (χ0v) is 15.8. The third-order valence-corrected chi connectivity index (χ3v) is 4.61. The lowest BCUT2D eigenvalue weighted by Crippen LogP contribution is -2.33. The Labute approximate surface area is 162 Å². The van der Waals surface area contributed by atoms with Crippen LogP contribution in [0.4, 0.5) is 10.5 Å². The molecule has 0 unspecified atom stereocenters. The first-order valence-electron chi connectivity index (χ1n) is 9.02. The highest BCUT2D eigenvalue weighted by Gasteiger charge is 2.38. The molecule has 0 aliphatic carbocycles. The number of hydrogen-bond donors (Lipinski definition) is 2. The molecule has 0 radical (unpaired) electrons. The van der Waals surface area contributed by atoms with Crippen molar-refractivity contribution in [2.24, 2.45) is 0 Å². The topological polar surface area (TPSA) is 106 Å². The molecular weight excluding hydrogens is 362 g/mol. The van der Waals surface area contributed by atoms with Crippen molar-refractivity contribution in [3.8, 4) is 5.75 Å². The van der Waals surface area contributed by atoms with Crippen LogP contribution in [0.3, 0.4) is 0 Å². The Morgan fingerprint density at radius 3 is 2.68 bits per heavy atom. The van der Waals surface area contributed by atoms with Crippen molar-refractivity contribution in [2.45, 2.75) is 32.4 Å². The van der Waals surface area contributed by atoms with E-state index in [1.54, 1.807) is 37.6 Å². The smallest absolute Gasteiger partial charge is 0.329 e. The lowest BCUT2D eigenvalue weighted by atomic mass is 10.1. The van der Waals surface area contributed by atoms with Gasteiger partial charge in [0.2, 0.25) is 5.91 Å². The van der Waals surface area contributed by atoms with Crippen molar-refractivity contribution in [3.63, 3.8) is 0 Å². The Morgan fingerprint density at radius 1 is 1.29 bits per heavy atom. The number of nitrogens with one attached hydrogen (secondary N) is 2. The van der Waals surface area contributed by atoms with Crippen LogP contribution in [0.2, 0.25) is 0 Å². The molecule has 2 aromatic rings. The second kappa shape index (κ2) is 8.55. The maximum Gasteiger partial charge on any atom is 0.329 e. The summed E-state index contributed by atoms with van der Waals surface area (Å²) in [5.41, 5.74) is 0.464. The number of rotatable bonds is 8. The summed E-state index contributed by atoms with van der Waals surface area (Å²) in [6, 6.07) is 5.44. The molecular formula is C19H23N5O4. The molecule has 1 aliphatic heterocycles. The van der Waals surface area contributed by atoms with Crippen LogP contribution in [0, 0.1) is 6.92 Å². The molecule has 3 rings (SSSR count). The van der Waals surface area contributed by atoms with E-state index in [0.29, 0.717) is 24.5 Å². The van der Waals surface area contributed by atoms with Gasteiger partial charge in [0.05, 0.1) is 12.8 Å². The first kappa shape index (κ1) is 19.4. The highest BCUT2D eigenvalue weighted by molar-refractivity contribution is 6.21. The lowest BCUT2D eigenvalue weighted by Gasteiger charge is -2.13. The molecule has 1 saturated heterocycles. The van der Waals surface area contributed by atoms with E-state index in [1.807, 2.05) is 17.7 Å². The number of aromatic nitrogens is 2. The molecule has 9 heteroatoms. The van der Waals surface area contributed by atoms with Gasteiger partial charge in [-0.05, 0) is 37.6 Å². The third kappa shape index (κ3) is 4.30. The van der Waals surface area contributed by atoms with Crippen LogP contribution in [-0.2, 0) is 16.1 Å². The van der Waals surface area contributed by atoms with Crippen molar-refractivity contribution < 1.29 is 19.1 Å². The number of benzene rings is 1. The second-order valence-corrected chi connectivity index (χ2v) is 6.43. The first-order valence-corrected chi connectivity index (χ1v) is 9.02. The molecule has 1 atom stereocenters. The number of nitrogens with zero attached hydrogens (tertiary/aromatic N) is 3. The van der Waals surface area contributed by atoms with Crippen LogP contribution in [0.15, 0.2) is 36.7 Å². The van der Waals surface area contributed by atoms with Crippen LogP contribution in [0.25, 0.3) is 0 Å². The molecule has 1 fully saturated rings. The molecule has 2 N–H and O–H groups in total. The van der Waals surface area contributed by atoms with Gasteiger partial charge in [-0.1, -0.05) is 0 Å². The van der Waals surface area contributed by atoms with E-state index in [1.165, 1.54) is 0 Å². The van der Waals surface area contributed by atoms with E-state index < -0.39 is 12.1 Å². The molecule has 148 valence electrons. The number of urea groups is 1. The van der Waals surface area contributed by atoms with Gasteiger partial charge in [-0.2, -0.15) is 0 Å². The average molecular weight is 385 g/mol. The van der Waals surface area contributed by atoms with E-state index in [4.69, 9.17) is 4.74 Å². The maximum atomic E-state index is 12.6. The summed E-state index contributed by atoms with van der Waals surface area (Å²) in [6.07, 6.45) is 3.95. The number of amides is 4. The minimum Gasteiger partial charge on any atom is -0.497 e. The van der Waals surface area contributed by atoms with Crippen LogP contribution in [-0.4, -0.2) is 47.1 Å². The molecule has 0 saturated carbocycles. The Kier molecular flexibility index (Phi) is 5.93. The zero-order chi connectivity index (χ0) is 20.1. The molecule has 1 aromatic carbocycles. The number of imidazole rings is 1. The Bertz CT molecular complexity index is 861. The fourth-order valence-corrected chi connectivity index (χ4v) is 3.02. The quantitative estimate of drug-likeness (QED) is 0.665. The predicted molar refractivity (Wildman–Crippen MR) is 102 cm³/mol. The van der Waals surface area contributed by atoms with E-state index in [0.717, 1.165) is 10.7 Å². The lowest BCUT2D eigenvalue weighted by molar-refractivity contribution is -0.121. The van der Waals surface area contributed by atoms with E-state index >= 15 is 0 Å². The van der Waals surface area contributed by atoms with Crippen molar-refractivity contribution >= 4 is 23.5 Å². The molecule has 2 heterocycles. The number of methoxy groups -OCH3 is 1. The Morgan fingerprint density at radius 2 is 2.04 bits per heavy atom. The highest BCUT2D eigenvalue weighted by Crippen LogP contribution is 2.23. The summed E-state index contributed by atoms with van der Waals surface area (Å²) in [4.78, 5) is 42.0. The van der Waals surface area contributed by atoms with E-state index in [9.17, 15) is 14.4 Å². The Balaban J connectivity index is 1.48. The van der Waals surface area contributed by atoms with Gasteiger partial charge in [-0.3, -0.25) is 9.59 Å². The number of imide groups is 1. The van der Waals surface area contributed by atoms with Gasteiger partial charge in [0.15, 0.2) is 0 Å². The van der Waals surface area contributed by atoms with Crippen molar-refractivity contribution in [1.82, 2.24) is 20.2 Å². The predicted octanol–water partition coefficient (Wildman–Crippen LogP) is 1.22. The number of ether oxygens (including phenoxy) is 1. The second-order valence-electron chi connectivity index (χ2n) is 6.43. The van der Waals surface area contributed by atoms with Crippen molar-refractivity contribution in [2.75, 3.05) is 18.6 Å².